The van der Waals surface area contributed by atoms with Gasteiger partial charge in [0.1, 0.15) is 11.7 Å². The highest BCUT2D eigenvalue weighted by atomic mass is 32.1. The number of nitrogens with zero attached hydrogens (tertiary/aromatic N) is 1. The number of rotatable bonds is 1. The van der Waals surface area contributed by atoms with Crippen LogP contribution in [0.15, 0.2) is 17.1 Å². The van der Waals surface area contributed by atoms with E-state index >= 15 is 0 Å². The summed E-state index contributed by atoms with van der Waals surface area (Å²) in [5.74, 6) is 0. The Hall–Kier alpha value is -1.02. The van der Waals surface area contributed by atoms with Gasteiger partial charge in [0.25, 0.3) is 5.56 Å². The van der Waals surface area contributed by atoms with Crippen molar-refractivity contribution >= 4 is 12.2 Å². The van der Waals surface area contributed by atoms with E-state index in [2.05, 4.69) is 4.98 Å². The van der Waals surface area contributed by atoms with Crippen molar-refractivity contribution in [3.63, 3.8) is 0 Å². The van der Waals surface area contributed by atoms with Crippen LogP contribution in [-0.2, 0) is 4.74 Å². The fraction of sp³-hybridized carbons (Fsp3) is 0.600. The maximum absolute atomic E-state index is 11.1. The monoisotopic (exact) mass is 258 g/mol. The van der Waals surface area contributed by atoms with Crippen LogP contribution in [0.1, 0.15) is 20.1 Å². The zero-order chi connectivity index (χ0) is 12.8. The molecule has 0 spiro atoms. The highest BCUT2D eigenvalue weighted by Gasteiger charge is 2.51. The second-order valence-electron chi connectivity index (χ2n) is 4.38. The van der Waals surface area contributed by atoms with Crippen LogP contribution in [0, 0.1) is 4.77 Å². The van der Waals surface area contributed by atoms with Crippen LogP contribution in [0.3, 0.4) is 0 Å². The van der Waals surface area contributed by atoms with Gasteiger partial charge in [-0.2, -0.15) is 0 Å². The minimum atomic E-state index is -1.46. The molecule has 1 aromatic rings. The van der Waals surface area contributed by atoms with Crippen LogP contribution in [0.5, 0.6) is 0 Å². The quantitative estimate of drug-likeness (QED) is 0.614. The number of ether oxygens (including phenoxy) is 1. The summed E-state index contributed by atoms with van der Waals surface area (Å²) in [4.78, 5) is 13.5. The first kappa shape index (κ1) is 12.4. The molecule has 0 bridgehead atoms. The molecule has 2 heterocycles. The maximum atomic E-state index is 11.1. The summed E-state index contributed by atoms with van der Waals surface area (Å²) in [6, 6.07) is 1.28. The molecule has 0 amide bonds. The Morgan fingerprint density at radius 1 is 1.65 bits per heavy atom. The molecule has 6 nitrogen and oxygen atoms in total. The Labute approximate surface area is 102 Å². The molecule has 17 heavy (non-hydrogen) atoms. The highest BCUT2D eigenvalue weighted by Crippen LogP contribution is 2.37. The summed E-state index contributed by atoms with van der Waals surface area (Å²) in [5.41, 5.74) is -1.78. The van der Waals surface area contributed by atoms with E-state index in [1.807, 2.05) is 0 Å². The number of aliphatic hydroxyl groups excluding tert-OH is 1. The molecule has 0 saturated carbocycles. The Kier molecular flexibility index (Phi) is 2.94. The Morgan fingerprint density at radius 2 is 2.29 bits per heavy atom. The van der Waals surface area contributed by atoms with E-state index in [0.29, 0.717) is 0 Å². The summed E-state index contributed by atoms with van der Waals surface area (Å²) in [6.45, 7) is 3.13. The van der Waals surface area contributed by atoms with Crippen molar-refractivity contribution in [3.8, 4) is 0 Å². The Morgan fingerprint density at radius 3 is 2.76 bits per heavy atom. The van der Waals surface area contributed by atoms with Crippen LogP contribution in [0.2, 0.25) is 0 Å². The fourth-order valence-electron chi connectivity index (χ4n) is 2.00. The van der Waals surface area contributed by atoms with E-state index in [0.717, 1.165) is 0 Å². The lowest BCUT2D eigenvalue weighted by atomic mass is 9.97. The standard InChI is InChI=1S/C10H14N2O4S/c1-5-7(14)10(2,15)8(16-5)12-4-3-6(13)11-9(12)17/h3-5,7-8,14-15H,1-2H3,(H,11,13,17)/t5?,7?,8-,10?/m1/s1. The zero-order valence-corrected chi connectivity index (χ0v) is 10.3. The highest BCUT2D eigenvalue weighted by molar-refractivity contribution is 7.71. The van der Waals surface area contributed by atoms with E-state index in [1.54, 1.807) is 6.92 Å². The largest absolute Gasteiger partial charge is 0.387 e. The van der Waals surface area contributed by atoms with E-state index < -0.39 is 24.0 Å². The minimum Gasteiger partial charge on any atom is -0.387 e. The van der Waals surface area contributed by atoms with Gasteiger partial charge in [-0.3, -0.25) is 14.3 Å². The van der Waals surface area contributed by atoms with Crippen molar-refractivity contribution in [1.82, 2.24) is 9.55 Å². The summed E-state index contributed by atoms with van der Waals surface area (Å²) >= 11 is 4.99. The number of nitrogens with one attached hydrogen (secondary N) is 1. The molecule has 1 aromatic heterocycles. The van der Waals surface area contributed by atoms with Crippen LogP contribution in [0.25, 0.3) is 0 Å². The van der Waals surface area contributed by atoms with Gasteiger partial charge in [-0.05, 0) is 26.1 Å². The van der Waals surface area contributed by atoms with E-state index in [9.17, 15) is 15.0 Å². The SMILES string of the molecule is CC1O[C@@H](n2ccc(=O)[nH]c2=S)C(C)(O)C1O. The van der Waals surface area contributed by atoms with E-state index in [1.165, 1.54) is 23.8 Å². The molecule has 1 aliphatic heterocycles. The number of aliphatic hydroxyl groups is 2. The molecule has 94 valence electrons. The van der Waals surface area contributed by atoms with Gasteiger partial charge in [-0.1, -0.05) is 0 Å². The van der Waals surface area contributed by atoms with Gasteiger partial charge in [0, 0.05) is 12.3 Å². The predicted molar refractivity (Wildman–Crippen MR) is 62.1 cm³/mol. The second kappa shape index (κ2) is 4.02. The fourth-order valence-corrected chi connectivity index (χ4v) is 2.25. The molecular weight excluding hydrogens is 244 g/mol. The van der Waals surface area contributed by atoms with Crippen LogP contribution >= 0.6 is 12.2 Å². The van der Waals surface area contributed by atoms with Crippen LogP contribution in [0.4, 0.5) is 0 Å². The molecule has 0 aliphatic carbocycles. The topological polar surface area (TPSA) is 87.5 Å². The summed E-state index contributed by atoms with van der Waals surface area (Å²) in [7, 11) is 0. The van der Waals surface area contributed by atoms with Gasteiger partial charge in [0.15, 0.2) is 11.0 Å². The number of aromatic amines is 1. The number of H-pyrrole nitrogens is 1. The van der Waals surface area contributed by atoms with Gasteiger partial charge in [-0.15, -0.1) is 0 Å². The number of aromatic nitrogens is 2. The molecule has 3 unspecified atom stereocenters. The van der Waals surface area contributed by atoms with Gasteiger partial charge in [0.05, 0.1) is 6.10 Å². The lowest BCUT2D eigenvalue weighted by Gasteiger charge is -2.27. The second-order valence-corrected chi connectivity index (χ2v) is 4.77. The van der Waals surface area contributed by atoms with Crippen molar-refractivity contribution in [3.05, 3.63) is 27.4 Å². The lowest BCUT2D eigenvalue weighted by molar-refractivity contribution is -0.0963. The zero-order valence-electron chi connectivity index (χ0n) is 9.45. The first-order chi connectivity index (χ1) is 7.84. The molecule has 0 radical (unpaired) electrons. The predicted octanol–water partition coefficient (Wildman–Crippen LogP) is -0.0649. The van der Waals surface area contributed by atoms with Gasteiger partial charge < -0.3 is 14.9 Å². The van der Waals surface area contributed by atoms with E-state index in [-0.39, 0.29) is 10.3 Å². The van der Waals surface area contributed by atoms with Crippen molar-refractivity contribution in [2.45, 2.75) is 37.9 Å². The molecule has 3 N–H and O–H groups in total. The molecular formula is C10H14N2O4S. The van der Waals surface area contributed by atoms with Crippen molar-refractivity contribution in [2.75, 3.05) is 0 Å². The average molecular weight is 258 g/mol. The number of hydrogen-bond acceptors (Lipinski definition) is 5. The van der Waals surface area contributed by atoms with Crippen molar-refractivity contribution in [1.29, 1.82) is 0 Å². The average Bonchev–Trinajstić information content (AvgIpc) is 2.43. The van der Waals surface area contributed by atoms with E-state index in [4.69, 9.17) is 17.0 Å². The first-order valence-corrected chi connectivity index (χ1v) is 5.62. The van der Waals surface area contributed by atoms with Crippen LogP contribution < -0.4 is 5.56 Å². The molecule has 2 rings (SSSR count). The van der Waals surface area contributed by atoms with Crippen LogP contribution in [-0.4, -0.2) is 37.6 Å². The molecule has 1 fully saturated rings. The normalized spacial score (nSPS) is 37.3. The Balaban J connectivity index is 2.48. The summed E-state index contributed by atoms with van der Waals surface area (Å²) in [5, 5.41) is 20.0. The summed E-state index contributed by atoms with van der Waals surface area (Å²) < 4.78 is 7.03. The molecule has 4 atom stereocenters. The van der Waals surface area contributed by atoms with Crippen molar-refractivity contribution in [2.24, 2.45) is 0 Å². The van der Waals surface area contributed by atoms with Gasteiger partial charge >= 0.3 is 0 Å². The smallest absolute Gasteiger partial charge is 0.251 e. The third-order valence-electron chi connectivity index (χ3n) is 2.99. The van der Waals surface area contributed by atoms with Crippen molar-refractivity contribution < 1.29 is 14.9 Å². The number of hydrogen-bond donors (Lipinski definition) is 3. The summed E-state index contributed by atoms with van der Waals surface area (Å²) in [6.07, 6.45) is -0.910. The maximum Gasteiger partial charge on any atom is 0.251 e. The molecule has 0 aromatic carbocycles. The lowest BCUT2D eigenvalue weighted by Crippen LogP contribution is -2.43. The molecule has 1 saturated heterocycles. The molecule has 1 aliphatic rings. The first-order valence-electron chi connectivity index (χ1n) is 5.21. The third kappa shape index (κ3) is 1.95. The third-order valence-corrected chi connectivity index (χ3v) is 3.30. The minimum absolute atomic E-state index is 0.143. The van der Waals surface area contributed by atoms with Gasteiger partial charge in [0.2, 0.25) is 0 Å². The van der Waals surface area contributed by atoms with Gasteiger partial charge in [-0.25, -0.2) is 0 Å². The Bertz CT molecular complexity index is 536. The molecule has 7 heteroatoms.